The minimum Gasteiger partial charge on any atom is -0.264 e. The maximum absolute atomic E-state index is 11.6. The van der Waals surface area contributed by atoms with Crippen LogP contribution in [0.15, 0.2) is 35.9 Å². The molecule has 0 N–H and O–H groups in total. The summed E-state index contributed by atoms with van der Waals surface area (Å²) in [6.07, 6.45) is 8.25. The van der Waals surface area contributed by atoms with E-state index in [4.69, 9.17) is 0 Å². The van der Waals surface area contributed by atoms with Gasteiger partial charge in [0.2, 0.25) is 0 Å². The predicted octanol–water partition coefficient (Wildman–Crippen LogP) is 4.37. The number of nitro benzene ring substituents is 1. The second-order valence-electron chi connectivity index (χ2n) is 5.23. The topological polar surface area (TPSA) is 81.8 Å². The molecule has 0 saturated carbocycles. The monoisotopic (exact) mass is 328 g/mol. The molecule has 2 heterocycles. The number of non-ortho nitro benzene ring substituents is 1. The van der Waals surface area contributed by atoms with Gasteiger partial charge in [0, 0.05) is 35.1 Å². The van der Waals surface area contributed by atoms with Gasteiger partial charge in [0.1, 0.15) is 0 Å². The van der Waals surface area contributed by atoms with E-state index in [0.717, 1.165) is 24.0 Å². The molecule has 1 aromatic carbocycles. The Morgan fingerprint density at radius 1 is 1.26 bits per heavy atom. The highest BCUT2D eigenvalue weighted by atomic mass is 32.2. The third-order valence-electron chi connectivity index (χ3n) is 3.60. The van der Waals surface area contributed by atoms with Crippen molar-refractivity contribution in [2.24, 2.45) is 0 Å². The Labute approximate surface area is 137 Å². The predicted molar refractivity (Wildman–Crippen MR) is 91.7 cm³/mol. The SMILES string of the molecule is CCCCCSc1ncc2cc3cnccc3c([N+](=O)[O-])c2n1. The van der Waals surface area contributed by atoms with Crippen LogP contribution in [0.3, 0.4) is 0 Å². The summed E-state index contributed by atoms with van der Waals surface area (Å²) in [5.41, 5.74) is 0.416. The molecule has 0 bridgehead atoms. The summed E-state index contributed by atoms with van der Waals surface area (Å²) < 4.78 is 0. The Balaban J connectivity index is 2.08. The van der Waals surface area contributed by atoms with E-state index in [2.05, 4.69) is 21.9 Å². The molecule has 0 spiro atoms. The highest BCUT2D eigenvalue weighted by Gasteiger charge is 2.19. The van der Waals surface area contributed by atoms with E-state index in [0.29, 0.717) is 21.4 Å². The van der Waals surface area contributed by atoms with Crippen molar-refractivity contribution in [2.45, 2.75) is 31.3 Å². The van der Waals surface area contributed by atoms with Gasteiger partial charge in [-0.1, -0.05) is 31.5 Å². The molecule has 0 aliphatic rings. The smallest absolute Gasteiger partial charge is 0.264 e. The fraction of sp³-hybridized carbons (Fsp3) is 0.312. The van der Waals surface area contributed by atoms with Crippen molar-refractivity contribution in [1.82, 2.24) is 15.0 Å². The van der Waals surface area contributed by atoms with E-state index >= 15 is 0 Å². The van der Waals surface area contributed by atoms with Crippen molar-refractivity contribution in [3.05, 3.63) is 40.8 Å². The highest BCUT2D eigenvalue weighted by Crippen LogP contribution is 2.33. The van der Waals surface area contributed by atoms with E-state index < -0.39 is 0 Å². The van der Waals surface area contributed by atoms with Crippen LogP contribution in [-0.2, 0) is 0 Å². The quantitative estimate of drug-likeness (QED) is 0.167. The molecule has 23 heavy (non-hydrogen) atoms. The molecular weight excluding hydrogens is 312 g/mol. The first kappa shape index (κ1) is 15.6. The number of thioether (sulfide) groups is 1. The largest absolute Gasteiger partial charge is 0.303 e. The normalized spacial score (nSPS) is 11.2. The summed E-state index contributed by atoms with van der Waals surface area (Å²) in [6.45, 7) is 2.15. The molecule has 0 aliphatic carbocycles. The van der Waals surface area contributed by atoms with E-state index in [1.807, 2.05) is 6.07 Å². The van der Waals surface area contributed by atoms with Crippen molar-refractivity contribution in [1.29, 1.82) is 0 Å². The lowest BCUT2D eigenvalue weighted by molar-refractivity contribution is -0.381. The lowest BCUT2D eigenvalue weighted by atomic mass is 10.1. The van der Waals surface area contributed by atoms with Gasteiger partial charge in [-0.3, -0.25) is 15.1 Å². The Morgan fingerprint density at radius 2 is 2.13 bits per heavy atom. The number of aromatic nitrogens is 3. The van der Waals surface area contributed by atoms with Crippen LogP contribution in [-0.4, -0.2) is 25.6 Å². The Hall–Kier alpha value is -2.28. The molecule has 118 valence electrons. The first-order valence-corrected chi connectivity index (χ1v) is 8.50. The van der Waals surface area contributed by atoms with Crippen LogP contribution in [0.25, 0.3) is 21.7 Å². The zero-order chi connectivity index (χ0) is 16.2. The maximum Gasteiger partial charge on any atom is 0.303 e. The number of rotatable bonds is 6. The van der Waals surface area contributed by atoms with Gasteiger partial charge >= 0.3 is 5.69 Å². The molecule has 0 fully saturated rings. The van der Waals surface area contributed by atoms with Crippen LogP contribution in [0.5, 0.6) is 0 Å². The summed E-state index contributed by atoms with van der Waals surface area (Å²) in [7, 11) is 0. The summed E-state index contributed by atoms with van der Waals surface area (Å²) in [6, 6.07) is 3.50. The fourth-order valence-corrected chi connectivity index (χ4v) is 3.29. The molecule has 3 rings (SSSR count). The molecule has 0 saturated heterocycles. The summed E-state index contributed by atoms with van der Waals surface area (Å²) in [4.78, 5) is 24.0. The standard InChI is InChI=1S/C16H16N4O2S/c1-2-3-4-7-23-16-18-10-12-8-11-9-17-6-5-13(11)15(20(21)22)14(12)19-16/h5-6,8-10H,2-4,7H2,1H3. The minimum absolute atomic E-state index is 0.0257. The molecule has 0 atom stereocenters. The van der Waals surface area contributed by atoms with Crippen LogP contribution in [0.4, 0.5) is 5.69 Å². The van der Waals surface area contributed by atoms with Crippen LogP contribution < -0.4 is 0 Å². The Morgan fingerprint density at radius 3 is 2.91 bits per heavy atom. The summed E-state index contributed by atoms with van der Waals surface area (Å²) in [5, 5.41) is 14.1. The van der Waals surface area contributed by atoms with Crippen LogP contribution in [0, 0.1) is 10.1 Å². The van der Waals surface area contributed by atoms with Crippen LogP contribution in [0.2, 0.25) is 0 Å². The van der Waals surface area contributed by atoms with E-state index in [1.54, 1.807) is 36.4 Å². The number of nitro groups is 1. The second kappa shape index (κ2) is 6.87. The molecule has 2 aromatic heterocycles. The Bertz CT molecular complexity index is 869. The average Bonchev–Trinajstić information content (AvgIpc) is 2.56. The van der Waals surface area contributed by atoms with Gasteiger partial charge in [-0.25, -0.2) is 9.97 Å². The van der Waals surface area contributed by atoms with E-state index in [-0.39, 0.29) is 10.6 Å². The highest BCUT2D eigenvalue weighted by molar-refractivity contribution is 7.99. The third-order valence-corrected chi connectivity index (χ3v) is 4.55. The molecular formula is C16H16N4O2S. The number of unbranched alkanes of at least 4 members (excludes halogenated alkanes) is 2. The van der Waals surface area contributed by atoms with E-state index in [1.165, 1.54) is 6.42 Å². The number of hydrogen-bond donors (Lipinski definition) is 0. The van der Waals surface area contributed by atoms with Gasteiger partial charge in [-0.05, 0) is 18.6 Å². The third kappa shape index (κ3) is 3.24. The van der Waals surface area contributed by atoms with Crippen molar-refractivity contribution in [3.63, 3.8) is 0 Å². The number of fused-ring (bicyclic) bond motifs is 2. The number of pyridine rings is 1. The van der Waals surface area contributed by atoms with Crippen LogP contribution in [0.1, 0.15) is 26.2 Å². The average molecular weight is 328 g/mol. The van der Waals surface area contributed by atoms with Crippen molar-refractivity contribution in [3.8, 4) is 0 Å². The number of hydrogen-bond acceptors (Lipinski definition) is 6. The van der Waals surface area contributed by atoms with Gasteiger partial charge < -0.3 is 0 Å². The van der Waals surface area contributed by atoms with Gasteiger partial charge in [-0.15, -0.1) is 0 Å². The summed E-state index contributed by atoms with van der Waals surface area (Å²) in [5.74, 6) is 0.921. The minimum atomic E-state index is -0.372. The summed E-state index contributed by atoms with van der Waals surface area (Å²) >= 11 is 1.54. The number of nitrogens with zero attached hydrogens (tertiary/aromatic N) is 4. The molecule has 0 radical (unpaired) electrons. The van der Waals surface area contributed by atoms with Gasteiger partial charge in [-0.2, -0.15) is 0 Å². The van der Waals surface area contributed by atoms with Gasteiger partial charge in [0.05, 0.1) is 10.3 Å². The molecule has 3 aromatic rings. The van der Waals surface area contributed by atoms with Crippen molar-refractivity contribution >= 4 is 39.1 Å². The molecule has 0 unspecified atom stereocenters. The first-order valence-electron chi connectivity index (χ1n) is 7.51. The van der Waals surface area contributed by atoms with Crippen molar-refractivity contribution in [2.75, 3.05) is 5.75 Å². The maximum atomic E-state index is 11.6. The molecule has 0 aliphatic heterocycles. The number of benzene rings is 1. The van der Waals surface area contributed by atoms with Crippen LogP contribution >= 0.6 is 11.8 Å². The lowest BCUT2D eigenvalue weighted by Gasteiger charge is -2.05. The second-order valence-corrected chi connectivity index (χ2v) is 6.29. The van der Waals surface area contributed by atoms with Crippen molar-refractivity contribution < 1.29 is 4.92 Å². The Kier molecular flexibility index (Phi) is 4.66. The molecule has 7 heteroatoms. The first-order chi connectivity index (χ1) is 11.2. The van der Waals surface area contributed by atoms with Gasteiger partial charge in [0.15, 0.2) is 10.7 Å². The zero-order valence-electron chi connectivity index (χ0n) is 12.7. The fourth-order valence-electron chi connectivity index (χ4n) is 2.47. The molecule has 0 amide bonds. The zero-order valence-corrected chi connectivity index (χ0v) is 13.5. The molecule has 6 nitrogen and oxygen atoms in total. The van der Waals surface area contributed by atoms with E-state index in [9.17, 15) is 10.1 Å². The lowest BCUT2D eigenvalue weighted by Crippen LogP contribution is -1.96. The van der Waals surface area contributed by atoms with Gasteiger partial charge in [0.25, 0.3) is 0 Å².